The van der Waals surface area contributed by atoms with E-state index in [1.165, 1.54) is 0 Å². The monoisotopic (exact) mass is 534 g/mol. The molecule has 0 bridgehead atoms. The van der Waals surface area contributed by atoms with Crippen LogP contribution in [0.15, 0.2) is 11.6 Å². The molecule has 3 N–H and O–H groups in total. The van der Waals surface area contributed by atoms with Crippen LogP contribution in [0.5, 0.6) is 0 Å². The van der Waals surface area contributed by atoms with E-state index in [1.807, 2.05) is 6.92 Å². The molecule has 8 nitrogen and oxygen atoms in total. The molecule has 214 valence electrons. The molecule has 12 atom stereocenters. The van der Waals surface area contributed by atoms with Gasteiger partial charge in [-0.15, -0.1) is 0 Å². The summed E-state index contributed by atoms with van der Waals surface area (Å²) in [4.78, 5) is 11.8. The Morgan fingerprint density at radius 3 is 2.45 bits per heavy atom. The lowest BCUT2D eigenvalue weighted by molar-refractivity contribution is -0.291. The average Bonchev–Trinajstić information content (AvgIpc) is 3.41. The van der Waals surface area contributed by atoms with Crippen LogP contribution in [0, 0.1) is 28.6 Å². The molecule has 2 aliphatic heterocycles. The highest BCUT2D eigenvalue weighted by molar-refractivity contribution is 5.85. The van der Waals surface area contributed by atoms with E-state index in [1.54, 1.807) is 13.2 Å². The Kier molecular flexibility index (Phi) is 6.61. The van der Waals surface area contributed by atoms with Crippen molar-refractivity contribution in [1.29, 1.82) is 0 Å². The first-order valence-electron chi connectivity index (χ1n) is 14.8. The van der Waals surface area contributed by atoms with Gasteiger partial charge in [0.2, 0.25) is 0 Å². The van der Waals surface area contributed by atoms with Gasteiger partial charge in [0.1, 0.15) is 12.7 Å². The Labute approximate surface area is 226 Å². The van der Waals surface area contributed by atoms with E-state index in [0.29, 0.717) is 25.9 Å². The molecular weight excluding hydrogens is 488 g/mol. The molecule has 1 saturated heterocycles. The summed E-state index contributed by atoms with van der Waals surface area (Å²) in [6.45, 7) is 6.67. The second-order valence-corrected chi connectivity index (χ2v) is 13.8. The first-order chi connectivity index (χ1) is 17.9. The first-order valence-corrected chi connectivity index (χ1v) is 14.8. The quantitative estimate of drug-likeness (QED) is 0.372. The number of aliphatic hydroxyl groups is 3. The summed E-state index contributed by atoms with van der Waals surface area (Å²) in [5, 5.41) is 34.9. The van der Waals surface area contributed by atoms with Crippen molar-refractivity contribution in [1.82, 2.24) is 0 Å². The third kappa shape index (κ3) is 3.81. The van der Waals surface area contributed by atoms with E-state index in [0.717, 1.165) is 50.5 Å². The van der Waals surface area contributed by atoms with E-state index < -0.39 is 23.6 Å². The highest BCUT2D eigenvalue weighted by Gasteiger charge is 2.70. The SMILES string of the molecule is CO[C@@H]1C[C@H](O[C@H]2CC[C@]3(C)[C@H]4CC[C@]5(C)[C@@H](C6=CC(=O)OC6)CC[C@]5(O)[C@@H]4CC[C@]3(O)C2)O[C@H](C)[C@@H]1O. The van der Waals surface area contributed by atoms with Crippen molar-refractivity contribution in [2.24, 2.45) is 28.6 Å². The van der Waals surface area contributed by atoms with Gasteiger partial charge in [0.05, 0.1) is 29.5 Å². The van der Waals surface area contributed by atoms with Crippen molar-refractivity contribution in [3.05, 3.63) is 11.6 Å². The van der Waals surface area contributed by atoms with Gasteiger partial charge < -0.3 is 34.3 Å². The van der Waals surface area contributed by atoms with Gasteiger partial charge in [-0.3, -0.25) is 0 Å². The van der Waals surface area contributed by atoms with Crippen LogP contribution in [-0.4, -0.2) is 76.9 Å². The summed E-state index contributed by atoms with van der Waals surface area (Å²) in [6.07, 6.45) is 7.36. The van der Waals surface area contributed by atoms with Crippen LogP contribution in [0.1, 0.15) is 85.0 Å². The van der Waals surface area contributed by atoms with Crippen molar-refractivity contribution in [2.45, 2.75) is 127 Å². The van der Waals surface area contributed by atoms with E-state index in [9.17, 15) is 20.1 Å². The van der Waals surface area contributed by atoms with Crippen LogP contribution in [-0.2, 0) is 23.7 Å². The lowest BCUT2D eigenvalue weighted by Gasteiger charge is -2.66. The van der Waals surface area contributed by atoms with Gasteiger partial charge in [0.15, 0.2) is 6.29 Å². The number of carbonyl (C=O) groups is 1. The van der Waals surface area contributed by atoms with Crippen molar-refractivity contribution in [3.63, 3.8) is 0 Å². The minimum absolute atomic E-state index is 0.116. The third-order valence-corrected chi connectivity index (χ3v) is 12.4. The fourth-order valence-electron chi connectivity index (χ4n) is 10.0. The molecule has 8 heteroatoms. The predicted molar refractivity (Wildman–Crippen MR) is 138 cm³/mol. The van der Waals surface area contributed by atoms with Crippen molar-refractivity contribution in [3.8, 4) is 0 Å². The minimum Gasteiger partial charge on any atom is -0.458 e. The average molecular weight is 535 g/mol. The topological polar surface area (TPSA) is 115 Å². The van der Waals surface area contributed by atoms with Gasteiger partial charge in [0, 0.05) is 31.4 Å². The number of hydrogen-bond donors (Lipinski definition) is 3. The van der Waals surface area contributed by atoms with Crippen LogP contribution >= 0.6 is 0 Å². The number of methoxy groups -OCH3 is 1. The molecule has 0 radical (unpaired) electrons. The lowest BCUT2D eigenvalue weighted by Crippen LogP contribution is -2.67. The van der Waals surface area contributed by atoms with Crippen molar-refractivity contribution in [2.75, 3.05) is 13.7 Å². The molecule has 0 amide bonds. The maximum atomic E-state index is 12.4. The molecule has 6 rings (SSSR count). The van der Waals surface area contributed by atoms with E-state index in [-0.39, 0.29) is 52.9 Å². The number of aliphatic hydroxyl groups excluding tert-OH is 1. The molecule has 5 fully saturated rings. The van der Waals surface area contributed by atoms with Crippen LogP contribution in [0.2, 0.25) is 0 Å². The molecular formula is C30H46O8. The summed E-state index contributed by atoms with van der Waals surface area (Å²) in [6, 6.07) is 0. The van der Waals surface area contributed by atoms with Crippen LogP contribution in [0.4, 0.5) is 0 Å². The Bertz CT molecular complexity index is 983. The fraction of sp³-hybridized carbons (Fsp3) is 0.900. The summed E-state index contributed by atoms with van der Waals surface area (Å²) >= 11 is 0. The molecule has 0 aromatic carbocycles. The third-order valence-electron chi connectivity index (χ3n) is 12.4. The maximum absolute atomic E-state index is 12.4. The van der Waals surface area contributed by atoms with Crippen LogP contribution < -0.4 is 0 Å². The van der Waals surface area contributed by atoms with Gasteiger partial charge in [0.25, 0.3) is 0 Å². The lowest BCUT2D eigenvalue weighted by atomic mass is 9.42. The highest BCUT2D eigenvalue weighted by atomic mass is 16.7. The van der Waals surface area contributed by atoms with Gasteiger partial charge in [-0.25, -0.2) is 4.79 Å². The number of carbonyl (C=O) groups excluding carboxylic acids is 1. The zero-order chi connectivity index (χ0) is 27.1. The molecule has 38 heavy (non-hydrogen) atoms. The molecule has 4 aliphatic carbocycles. The Morgan fingerprint density at radius 2 is 1.74 bits per heavy atom. The largest absolute Gasteiger partial charge is 0.458 e. The zero-order valence-corrected chi connectivity index (χ0v) is 23.4. The number of cyclic esters (lactones) is 1. The zero-order valence-electron chi connectivity index (χ0n) is 23.4. The maximum Gasteiger partial charge on any atom is 0.331 e. The predicted octanol–water partition coefficient (Wildman–Crippen LogP) is 3.25. The van der Waals surface area contributed by atoms with Gasteiger partial charge in [-0.2, -0.15) is 0 Å². The molecule has 6 aliphatic rings. The standard InChI is InChI=1S/C30H46O8/c1-17-26(32)23(35-4)14-25(37-17)38-19-5-9-27(2)21-6-10-28(3)20(18-13-24(31)36-16-18)8-12-30(28,34)22(21)7-11-29(27,33)15-19/h13,17,19-23,25-26,32-34H,5-12,14-16H2,1-4H3/t17-,19+,20-,21+,22-,23-,25+,26+,27-,28-,29+,30+/m1/s1. The van der Waals surface area contributed by atoms with Gasteiger partial charge in [-0.05, 0) is 87.0 Å². The molecule has 0 unspecified atom stereocenters. The van der Waals surface area contributed by atoms with E-state index in [4.69, 9.17) is 18.9 Å². The summed E-state index contributed by atoms with van der Waals surface area (Å²) in [5.41, 5.74) is -1.17. The normalized spacial score (nSPS) is 54.5. The first kappa shape index (κ1) is 27.2. The molecule has 2 heterocycles. The second-order valence-electron chi connectivity index (χ2n) is 13.8. The smallest absolute Gasteiger partial charge is 0.331 e. The summed E-state index contributed by atoms with van der Waals surface area (Å²) in [7, 11) is 1.60. The number of ether oxygens (including phenoxy) is 4. The molecule has 0 aromatic rings. The summed E-state index contributed by atoms with van der Waals surface area (Å²) < 4.78 is 23.0. The van der Waals surface area contributed by atoms with Crippen molar-refractivity contribution >= 4 is 5.97 Å². The number of rotatable bonds is 4. The Balaban J connectivity index is 1.18. The Morgan fingerprint density at radius 1 is 1.00 bits per heavy atom. The number of esters is 1. The Hall–Kier alpha value is -1.03. The number of fused-ring (bicyclic) bond motifs is 5. The highest BCUT2D eigenvalue weighted by Crippen LogP contribution is 2.70. The molecule has 0 aromatic heterocycles. The second kappa shape index (κ2) is 9.25. The van der Waals surface area contributed by atoms with E-state index in [2.05, 4.69) is 13.8 Å². The molecule has 0 spiro atoms. The van der Waals surface area contributed by atoms with Crippen LogP contribution in [0.25, 0.3) is 0 Å². The number of hydrogen-bond acceptors (Lipinski definition) is 8. The van der Waals surface area contributed by atoms with Crippen molar-refractivity contribution < 1.29 is 39.1 Å². The van der Waals surface area contributed by atoms with E-state index >= 15 is 0 Å². The van der Waals surface area contributed by atoms with Gasteiger partial charge in [-0.1, -0.05) is 13.8 Å². The summed E-state index contributed by atoms with van der Waals surface area (Å²) in [5.74, 6) is 0.293. The van der Waals surface area contributed by atoms with Crippen LogP contribution in [0.3, 0.4) is 0 Å². The fourth-order valence-corrected chi connectivity index (χ4v) is 10.0. The van der Waals surface area contributed by atoms with Gasteiger partial charge >= 0.3 is 5.97 Å². The molecule has 4 saturated carbocycles. The minimum atomic E-state index is -0.853.